The highest BCUT2D eigenvalue weighted by molar-refractivity contribution is 6.15. The largest absolute Gasteiger partial charge is 0.503 e. The molecular weight excluding hydrogens is 510 g/mol. The first-order valence-corrected chi connectivity index (χ1v) is 11.3. The van der Waals surface area contributed by atoms with Gasteiger partial charge in [-0.1, -0.05) is 66.7 Å². The molecule has 0 bridgehead atoms. The van der Waals surface area contributed by atoms with E-state index in [9.17, 15) is 39.5 Å². The molecule has 196 valence electrons. The van der Waals surface area contributed by atoms with Gasteiger partial charge in [-0.2, -0.15) is 0 Å². The molecule has 0 spiro atoms. The Hall–Kier alpha value is -5.58. The molecule has 0 aromatic heterocycles. The minimum atomic E-state index is -3.41. The highest BCUT2D eigenvalue weighted by atomic mass is 16.7. The number of ether oxygens (including phenoxy) is 2. The molecule has 0 fully saturated rings. The molecule has 0 amide bonds. The number of aliphatic hydroxyl groups excluding tert-OH is 1. The van der Waals surface area contributed by atoms with E-state index in [0.29, 0.717) is 6.08 Å². The summed E-state index contributed by atoms with van der Waals surface area (Å²) in [5, 5.41) is 33.4. The highest BCUT2D eigenvalue weighted by Crippen LogP contribution is 2.40. The number of carbonyl (C=O) groups excluding carboxylic acids is 3. The van der Waals surface area contributed by atoms with Crippen LogP contribution in [0.3, 0.4) is 0 Å². The van der Waals surface area contributed by atoms with E-state index >= 15 is 0 Å². The van der Waals surface area contributed by atoms with Crippen LogP contribution in [0, 0.1) is 10.1 Å². The van der Waals surface area contributed by atoms with Crippen LogP contribution in [-0.2, 0) is 14.3 Å². The number of nitrogens with zero attached hydrogens (tertiary/aromatic N) is 1. The number of carboxylic acids is 1. The Labute approximate surface area is 220 Å². The summed E-state index contributed by atoms with van der Waals surface area (Å²) in [5.41, 5.74) is -5.55. The molecule has 0 heterocycles. The van der Waals surface area contributed by atoms with Crippen molar-refractivity contribution in [2.45, 2.75) is 11.8 Å². The third kappa shape index (κ3) is 5.01. The van der Waals surface area contributed by atoms with Crippen LogP contribution < -0.4 is 0 Å². The van der Waals surface area contributed by atoms with E-state index in [1.165, 1.54) is 72.8 Å². The van der Waals surface area contributed by atoms with E-state index < -0.39 is 57.3 Å². The zero-order chi connectivity index (χ0) is 28.2. The minimum absolute atomic E-state index is 0.103. The van der Waals surface area contributed by atoms with Crippen molar-refractivity contribution in [3.8, 4) is 0 Å². The summed E-state index contributed by atoms with van der Waals surface area (Å²) in [4.78, 5) is 63.3. The average molecular weight is 529 g/mol. The number of carboxylic acid groups (broad SMARTS) is 1. The fourth-order valence-electron chi connectivity index (χ4n) is 3.95. The molecule has 11 nitrogen and oxygen atoms in total. The predicted octanol–water partition coefficient (Wildman–Crippen LogP) is 3.76. The number of esters is 2. The Kier molecular flexibility index (Phi) is 7.34. The number of aliphatic hydroxyl groups is 1. The second-order valence-electron chi connectivity index (χ2n) is 8.22. The van der Waals surface area contributed by atoms with E-state index in [4.69, 9.17) is 9.47 Å². The fourth-order valence-corrected chi connectivity index (χ4v) is 3.95. The highest BCUT2D eigenvalue weighted by Gasteiger charge is 2.66. The van der Waals surface area contributed by atoms with Crippen LogP contribution in [0.1, 0.15) is 31.1 Å². The van der Waals surface area contributed by atoms with Crippen LogP contribution in [0.25, 0.3) is 0 Å². The summed E-state index contributed by atoms with van der Waals surface area (Å²) in [6, 6.07) is 21.3. The van der Waals surface area contributed by atoms with E-state index in [-0.39, 0.29) is 16.7 Å². The van der Waals surface area contributed by atoms with Crippen molar-refractivity contribution in [3.63, 3.8) is 0 Å². The zero-order valence-electron chi connectivity index (χ0n) is 19.9. The van der Waals surface area contributed by atoms with Gasteiger partial charge in [-0.05, 0) is 24.3 Å². The van der Waals surface area contributed by atoms with E-state index in [1.54, 1.807) is 18.2 Å². The van der Waals surface area contributed by atoms with E-state index in [0.717, 1.165) is 0 Å². The van der Waals surface area contributed by atoms with Crippen LogP contribution in [0.5, 0.6) is 0 Å². The molecule has 2 atom stereocenters. The number of ketones is 1. The smallest absolute Gasteiger partial charge is 0.464 e. The SMILES string of the molecule is O=C(O)C1=C(C(=O)c2ccccc2)C(OC(=O)c2ccccc2)C(OC(=O)c2ccccc2)([N+](=O)[O-])C(O)=C1. The lowest BCUT2D eigenvalue weighted by Gasteiger charge is -2.34. The Bertz CT molecular complexity index is 1510. The summed E-state index contributed by atoms with van der Waals surface area (Å²) >= 11 is 0. The first kappa shape index (κ1) is 26.5. The van der Waals surface area contributed by atoms with Gasteiger partial charge in [-0.3, -0.25) is 14.9 Å². The normalized spacial score (nSPS) is 18.5. The first-order valence-electron chi connectivity index (χ1n) is 11.3. The van der Waals surface area contributed by atoms with Crippen LogP contribution in [0.2, 0.25) is 0 Å². The third-order valence-corrected chi connectivity index (χ3v) is 5.83. The molecule has 3 aromatic carbocycles. The summed E-state index contributed by atoms with van der Waals surface area (Å²) in [6.45, 7) is 0. The summed E-state index contributed by atoms with van der Waals surface area (Å²) in [7, 11) is 0. The standard InChI is InChI=1S/C28H19NO10/c30-21-16-20(25(32)33)22(23(31)17-10-4-1-5-11-17)24(38-26(34)18-12-6-2-7-13-18)28(21,29(36)37)39-27(35)19-14-8-3-9-15-19/h1-16,24,30H,(H,32,33). The van der Waals surface area contributed by atoms with Crippen molar-refractivity contribution >= 4 is 23.7 Å². The Balaban J connectivity index is 1.95. The zero-order valence-corrected chi connectivity index (χ0v) is 19.9. The van der Waals surface area contributed by atoms with Crippen LogP contribution in [-0.4, -0.2) is 50.7 Å². The second kappa shape index (κ2) is 10.8. The molecule has 39 heavy (non-hydrogen) atoms. The van der Waals surface area contributed by atoms with Crippen LogP contribution >= 0.6 is 0 Å². The van der Waals surface area contributed by atoms with Gasteiger partial charge in [-0.15, -0.1) is 0 Å². The van der Waals surface area contributed by atoms with Gasteiger partial charge in [0.1, 0.15) is 0 Å². The second-order valence-corrected chi connectivity index (χ2v) is 8.22. The van der Waals surface area contributed by atoms with Gasteiger partial charge in [0.15, 0.2) is 5.78 Å². The molecule has 0 saturated heterocycles. The van der Waals surface area contributed by atoms with Crippen molar-refractivity contribution in [1.29, 1.82) is 0 Å². The van der Waals surface area contributed by atoms with Crippen molar-refractivity contribution in [1.82, 2.24) is 0 Å². The minimum Gasteiger partial charge on any atom is -0.503 e. The van der Waals surface area contributed by atoms with Gasteiger partial charge in [0.05, 0.1) is 27.2 Å². The molecule has 11 heteroatoms. The molecule has 2 unspecified atom stereocenters. The summed E-state index contributed by atoms with van der Waals surface area (Å²) in [5.74, 6) is -6.71. The molecule has 2 N–H and O–H groups in total. The Morgan fingerprint density at radius 3 is 1.69 bits per heavy atom. The molecule has 4 rings (SSSR count). The molecular formula is C28H19NO10. The number of benzene rings is 3. The molecule has 0 aliphatic heterocycles. The number of Topliss-reactive ketones (excluding diaryl/α,β-unsaturated/α-hetero) is 1. The molecule has 0 saturated carbocycles. The third-order valence-electron chi connectivity index (χ3n) is 5.83. The maximum absolute atomic E-state index is 13.6. The quantitative estimate of drug-likeness (QED) is 0.144. The first-order chi connectivity index (χ1) is 18.7. The maximum atomic E-state index is 13.6. The van der Waals surface area contributed by atoms with Crippen molar-refractivity contribution in [3.05, 3.63) is 141 Å². The predicted molar refractivity (Wildman–Crippen MR) is 133 cm³/mol. The van der Waals surface area contributed by atoms with Gasteiger partial charge < -0.3 is 19.7 Å². The van der Waals surface area contributed by atoms with Crippen molar-refractivity contribution < 1.29 is 43.8 Å². The number of aliphatic carboxylic acids is 1. The summed E-state index contributed by atoms with van der Waals surface area (Å²) < 4.78 is 10.6. The molecule has 1 aliphatic carbocycles. The number of hydrogen-bond acceptors (Lipinski definition) is 9. The van der Waals surface area contributed by atoms with Crippen LogP contribution in [0.15, 0.2) is 114 Å². The van der Waals surface area contributed by atoms with Crippen LogP contribution in [0.4, 0.5) is 0 Å². The van der Waals surface area contributed by atoms with Gasteiger partial charge >= 0.3 is 23.6 Å². The number of hydrogen-bond donors (Lipinski definition) is 2. The Morgan fingerprint density at radius 1 is 0.769 bits per heavy atom. The Morgan fingerprint density at radius 2 is 1.23 bits per heavy atom. The van der Waals surface area contributed by atoms with Gasteiger partial charge in [0.2, 0.25) is 11.9 Å². The summed E-state index contributed by atoms with van der Waals surface area (Å²) in [6.07, 6.45) is -2.07. The molecule has 3 aromatic rings. The maximum Gasteiger partial charge on any atom is 0.464 e. The number of rotatable bonds is 8. The van der Waals surface area contributed by atoms with Crippen molar-refractivity contribution in [2.24, 2.45) is 0 Å². The number of nitro groups is 1. The lowest BCUT2D eigenvalue weighted by Crippen LogP contribution is -2.59. The monoisotopic (exact) mass is 529 g/mol. The lowest BCUT2D eigenvalue weighted by atomic mass is 9.82. The van der Waals surface area contributed by atoms with E-state index in [1.807, 2.05) is 0 Å². The van der Waals surface area contributed by atoms with Crippen molar-refractivity contribution in [2.75, 3.05) is 0 Å². The van der Waals surface area contributed by atoms with Gasteiger partial charge in [0.25, 0.3) is 0 Å². The number of carbonyl (C=O) groups is 4. The van der Waals surface area contributed by atoms with E-state index in [2.05, 4.69) is 0 Å². The molecule has 1 aliphatic rings. The fraction of sp³-hybridized carbons (Fsp3) is 0.0714. The topological polar surface area (TPSA) is 170 Å². The lowest BCUT2D eigenvalue weighted by molar-refractivity contribution is -0.622. The average Bonchev–Trinajstić information content (AvgIpc) is 2.95. The van der Waals surface area contributed by atoms with Gasteiger partial charge in [-0.25, -0.2) is 14.4 Å². The molecule has 0 radical (unpaired) electrons. The van der Waals surface area contributed by atoms with Gasteiger partial charge in [0, 0.05) is 11.6 Å².